The molecule has 0 saturated heterocycles. The average Bonchev–Trinajstić information content (AvgIpc) is 2.32. The number of nitrogens with zero attached hydrogens (tertiary/aromatic N) is 2. The zero-order valence-electron chi connectivity index (χ0n) is 10.7. The van der Waals surface area contributed by atoms with Crippen molar-refractivity contribution < 1.29 is 17.9 Å². The highest BCUT2D eigenvalue weighted by molar-refractivity contribution is 7.89. The molecule has 0 amide bonds. The largest absolute Gasteiger partial charge is 0.463 e. The van der Waals surface area contributed by atoms with Crippen LogP contribution in [0.25, 0.3) is 0 Å². The van der Waals surface area contributed by atoms with E-state index in [-0.39, 0.29) is 11.6 Å². The quantitative estimate of drug-likeness (QED) is 0.542. The predicted octanol–water partition coefficient (Wildman–Crippen LogP) is -0.338. The summed E-state index contributed by atoms with van der Waals surface area (Å²) in [7, 11) is -2.22. The van der Waals surface area contributed by atoms with Crippen LogP contribution in [0.4, 0.5) is 5.82 Å². The number of carbonyl (C=O) groups excluding carboxylic acids is 1. The number of ether oxygens (including phenoxy) is 1. The van der Waals surface area contributed by atoms with Gasteiger partial charge in [-0.15, -0.1) is 0 Å². The number of hydrogen-bond donors (Lipinski definition) is 2. The SMILES string of the molecule is COC(=O)c1nc(C)cc(NCCCS(N)(=O)=O)n1. The number of esters is 1. The number of carbonyl (C=O) groups is 1. The maximum atomic E-state index is 11.3. The lowest BCUT2D eigenvalue weighted by Gasteiger charge is -2.07. The van der Waals surface area contributed by atoms with Gasteiger partial charge in [0, 0.05) is 18.3 Å². The number of aromatic nitrogens is 2. The van der Waals surface area contributed by atoms with Crippen LogP contribution in [0.2, 0.25) is 0 Å². The topological polar surface area (TPSA) is 124 Å². The molecule has 0 radical (unpaired) electrons. The van der Waals surface area contributed by atoms with Gasteiger partial charge in [-0.25, -0.2) is 28.3 Å². The van der Waals surface area contributed by atoms with Crippen LogP contribution in [-0.4, -0.2) is 43.8 Å². The predicted molar refractivity (Wildman–Crippen MR) is 69.2 cm³/mol. The molecule has 19 heavy (non-hydrogen) atoms. The number of anilines is 1. The van der Waals surface area contributed by atoms with Crippen LogP contribution in [-0.2, 0) is 14.8 Å². The summed E-state index contributed by atoms with van der Waals surface area (Å²) in [5.74, 6) is -0.358. The van der Waals surface area contributed by atoms with Gasteiger partial charge in [-0.1, -0.05) is 0 Å². The molecule has 8 nitrogen and oxygen atoms in total. The van der Waals surface area contributed by atoms with Gasteiger partial charge in [-0.3, -0.25) is 0 Å². The van der Waals surface area contributed by atoms with E-state index >= 15 is 0 Å². The van der Waals surface area contributed by atoms with Gasteiger partial charge in [-0.2, -0.15) is 0 Å². The summed E-state index contributed by atoms with van der Waals surface area (Å²) in [6.07, 6.45) is 0.343. The van der Waals surface area contributed by atoms with Crippen LogP contribution >= 0.6 is 0 Å². The minimum Gasteiger partial charge on any atom is -0.463 e. The molecule has 1 aromatic heterocycles. The van der Waals surface area contributed by atoms with Gasteiger partial charge < -0.3 is 10.1 Å². The fourth-order valence-corrected chi connectivity index (χ4v) is 1.88. The first-order chi connectivity index (χ1) is 8.81. The van der Waals surface area contributed by atoms with E-state index in [9.17, 15) is 13.2 Å². The van der Waals surface area contributed by atoms with Crippen molar-refractivity contribution >= 4 is 21.8 Å². The van der Waals surface area contributed by atoms with Crippen LogP contribution in [0.1, 0.15) is 22.7 Å². The molecule has 0 bridgehead atoms. The van der Waals surface area contributed by atoms with E-state index in [1.54, 1.807) is 13.0 Å². The lowest BCUT2D eigenvalue weighted by molar-refractivity contribution is 0.0586. The molecular formula is C10H16N4O4S. The van der Waals surface area contributed by atoms with E-state index in [0.717, 1.165) is 0 Å². The first kappa shape index (κ1) is 15.3. The summed E-state index contributed by atoms with van der Waals surface area (Å²) >= 11 is 0. The van der Waals surface area contributed by atoms with Gasteiger partial charge in [0.2, 0.25) is 15.8 Å². The second-order valence-corrected chi connectivity index (χ2v) is 5.59. The number of sulfonamides is 1. The Morgan fingerprint density at radius 1 is 1.47 bits per heavy atom. The fraction of sp³-hybridized carbons (Fsp3) is 0.500. The Hall–Kier alpha value is -1.74. The number of hydrogen-bond acceptors (Lipinski definition) is 7. The summed E-state index contributed by atoms with van der Waals surface area (Å²) in [5, 5.41) is 7.78. The third-order valence-electron chi connectivity index (χ3n) is 2.13. The first-order valence-corrected chi connectivity index (χ1v) is 7.21. The molecule has 3 N–H and O–H groups in total. The lowest BCUT2D eigenvalue weighted by Crippen LogP contribution is -2.19. The van der Waals surface area contributed by atoms with Crippen molar-refractivity contribution in [3.8, 4) is 0 Å². The Bertz CT molecular complexity index is 559. The number of aryl methyl sites for hydroxylation is 1. The van der Waals surface area contributed by atoms with Crippen molar-refractivity contribution in [2.75, 3.05) is 24.7 Å². The highest BCUT2D eigenvalue weighted by Crippen LogP contribution is 2.07. The van der Waals surface area contributed by atoms with E-state index in [1.165, 1.54) is 7.11 Å². The number of nitrogens with two attached hydrogens (primary N) is 1. The van der Waals surface area contributed by atoms with Gasteiger partial charge >= 0.3 is 5.97 Å². The average molecular weight is 288 g/mol. The van der Waals surface area contributed by atoms with Gasteiger partial charge in [0.15, 0.2) is 0 Å². The Kier molecular flexibility index (Phi) is 5.19. The summed E-state index contributed by atoms with van der Waals surface area (Å²) < 4.78 is 26.0. The Balaban J connectivity index is 2.63. The summed E-state index contributed by atoms with van der Waals surface area (Å²) in [6.45, 7) is 2.08. The molecule has 0 aliphatic heterocycles. The molecule has 0 unspecified atom stereocenters. The van der Waals surface area contributed by atoms with Crippen LogP contribution in [0.3, 0.4) is 0 Å². The molecule has 0 aliphatic rings. The van der Waals surface area contributed by atoms with E-state index in [1.807, 2.05) is 0 Å². The molecule has 106 valence electrons. The molecule has 1 aromatic rings. The Labute approximate surface area is 111 Å². The molecule has 0 spiro atoms. The van der Waals surface area contributed by atoms with E-state index in [4.69, 9.17) is 5.14 Å². The molecule has 0 saturated carbocycles. The van der Waals surface area contributed by atoms with Crippen LogP contribution in [0.5, 0.6) is 0 Å². The smallest absolute Gasteiger partial charge is 0.376 e. The van der Waals surface area contributed by atoms with Crippen molar-refractivity contribution in [2.45, 2.75) is 13.3 Å². The maximum Gasteiger partial charge on any atom is 0.376 e. The lowest BCUT2D eigenvalue weighted by atomic mass is 10.4. The zero-order chi connectivity index (χ0) is 14.5. The Morgan fingerprint density at radius 2 is 2.16 bits per heavy atom. The molecule has 0 fully saturated rings. The summed E-state index contributed by atoms with van der Waals surface area (Å²) in [5.41, 5.74) is 0.601. The first-order valence-electron chi connectivity index (χ1n) is 5.50. The van der Waals surface area contributed by atoms with Gasteiger partial charge in [-0.05, 0) is 13.3 Å². The highest BCUT2D eigenvalue weighted by atomic mass is 32.2. The summed E-state index contributed by atoms with van der Waals surface area (Å²) in [6, 6.07) is 1.64. The highest BCUT2D eigenvalue weighted by Gasteiger charge is 2.11. The molecular weight excluding hydrogens is 272 g/mol. The van der Waals surface area contributed by atoms with Gasteiger partial charge in [0.05, 0.1) is 12.9 Å². The van der Waals surface area contributed by atoms with Crippen molar-refractivity contribution in [2.24, 2.45) is 5.14 Å². The monoisotopic (exact) mass is 288 g/mol. The maximum absolute atomic E-state index is 11.3. The van der Waals surface area contributed by atoms with E-state index < -0.39 is 16.0 Å². The summed E-state index contributed by atoms with van der Waals surface area (Å²) in [4.78, 5) is 19.2. The van der Waals surface area contributed by atoms with E-state index in [2.05, 4.69) is 20.0 Å². The normalized spacial score (nSPS) is 11.1. The fourth-order valence-electron chi connectivity index (χ4n) is 1.33. The Morgan fingerprint density at radius 3 is 2.74 bits per heavy atom. The molecule has 0 aromatic carbocycles. The number of rotatable bonds is 6. The van der Waals surface area contributed by atoms with Crippen LogP contribution in [0.15, 0.2) is 6.07 Å². The van der Waals surface area contributed by atoms with Gasteiger partial charge in [0.1, 0.15) is 5.82 Å². The molecule has 0 atom stereocenters. The minimum atomic E-state index is -3.46. The minimum absolute atomic E-state index is 0.0450. The van der Waals surface area contributed by atoms with E-state index in [0.29, 0.717) is 24.5 Å². The van der Waals surface area contributed by atoms with Crippen molar-refractivity contribution in [1.29, 1.82) is 0 Å². The third kappa shape index (κ3) is 5.62. The van der Waals surface area contributed by atoms with Crippen molar-refractivity contribution in [3.05, 3.63) is 17.6 Å². The standard InChI is InChI=1S/C10H16N4O4S/c1-7-6-8(12-4-3-5-19(11,16)17)14-9(13-7)10(15)18-2/h6H,3-5H2,1-2H3,(H2,11,16,17)(H,12,13,14). The molecule has 1 rings (SSSR count). The molecule has 0 aliphatic carbocycles. The molecule has 9 heteroatoms. The zero-order valence-corrected chi connectivity index (χ0v) is 11.5. The van der Waals surface area contributed by atoms with Crippen LogP contribution < -0.4 is 10.5 Å². The van der Waals surface area contributed by atoms with Crippen molar-refractivity contribution in [3.63, 3.8) is 0 Å². The van der Waals surface area contributed by atoms with Crippen LogP contribution in [0, 0.1) is 6.92 Å². The van der Waals surface area contributed by atoms with Crippen molar-refractivity contribution in [1.82, 2.24) is 9.97 Å². The third-order valence-corrected chi connectivity index (χ3v) is 2.99. The number of methoxy groups -OCH3 is 1. The second-order valence-electron chi connectivity index (χ2n) is 3.86. The number of primary sulfonamides is 1. The van der Waals surface area contributed by atoms with Gasteiger partial charge in [0.25, 0.3) is 0 Å². The second kappa shape index (κ2) is 6.43. The molecule has 1 heterocycles. The number of nitrogens with one attached hydrogen (secondary N) is 1.